The Kier molecular flexibility index (Phi) is 6.53. The maximum atomic E-state index is 12.8. The van der Waals surface area contributed by atoms with Crippen molar-refractivity contribution in [2.75, 3.05) is 32.6 Å². The van der Waals surface area contributed by atoms with E-state index in [1.807, 2.05) is 0 Å². The van der Waals surface area contributed by atoms with Gasteiger partial charge in [-0.25, -0.2) is 0 Å². The molecule has 0 radical (unpaired) electrons. The minimum Gasteiger partial charge on any atom is -0.496 e. The second kappa shape index (κ2) is 9.27. The van der Waals surface area contributed by atoms with Crippen molar-refractivity contribution in [2.24, 2.45) is 12.8 Å². The average Bonchev–Trinajstić information content (AvgIpc) is 3.40. The summed E-state index contributed by atoms with van der Waals surface area (Å²) in [6, 6.07) is 10.1. The number of aryl methyl sites for hydroxylation is 1. The number of carbonyl (C=O) groups excluding carboxylic acids is 2. The molecule has 3 aromatic rings. The third-order valence-corrected chi connectivity index (χ3v) is 4.62. The molecule has 0 bridgehead atoms. The Morgan fingerprint density at radius 3 is 2.77 bits per heavy atom. The van der Waals surface area contributed by atoms with Gasteiger partial charge in [-0.15, -0.1) is 0 Å². The fourth-order valence-electron chi connectivity index (χ4n) is 3.02. The summed E-state index contributed by atoms with van der Waals surface area (Å²) >= 11 is 0. The molecule has 0 saturated heterocycles. The largest absolute Gasteiger partial charge is 0.496 e. The van der Waals surface area contributed by atoms with Crippen LogP contribution in [0.5, 0.6) is 5.75 Å². The molecule has 1 aromatic carbocycles. The van der Waals surface area contributed by atoms with E-state index >= 15 is 0 Å². The molecule has 0 saturated carbocycles. The predicted octanol–water partition coefficient (Wildman–Crippen LogP) is 2.36. The molecule has 2 amide bonds. The lowest BCUT2D eigenvalue weighted by molar-refractivity contribution is 0.0790. The maximum absolute atomic E-state index is 12.8. The van der Waals surface area contributed by atoms with Crippen LogP contribution in [0, 0.1) is 0 Å². The fraction of sp³-hybridized carbons (Fsp3) is 0.286. The van der Waals surface area contributed by atoms with Crippen molar-refractivity contribution >= 4 is 17.5 Å². The van der Waals surface area contributed by atoms with E-state index in [0.717, 1.165) is 0 Å². The molecular formula is C21H25N5O4. The highest BCUT2D eigenvalue weighted by atomic mass is 16.5. The van der Waals surface area contributed by atoms with Gasteiger partial charge in [0, 0.05) is 32.4 Å². The Bertz CT molecular complexity index is 1030. The lowest BCUT2D eigenvalue weighted by Gasteiger charge is -2.19. The Hall–Kier alpha value is -3.59. The smallest absolute Gasteiger partial charge is 0.276 e. The van der Waals surface area contributed by atoms with Crippen LogP contribution < -0.4 is 15.8 Å². The number of rotatable bonds is 8. The van der Waals surface area contributed by atoms with Crippen molar-refractivity contribution in [1.29, 1.82) is 0 Å². The number of benzene rings is 1. The molecule has 9 heteroatoms. The van der Waals surface area contributed by atoms with Gasteiger partial charge in [0.25, 0.3) is 11.8 Å². The van der Waals surface area contributed by atoms with Crippen LogP contribution in [0.15, 0.2) is 47.1 Å². The first-order valence-corrected chi connectivity index (χ1v) is 9.47. The van der Waals surface area contributed by atoms with E-state index in [4.69, 9.17) is 14.9 Å². The zero-order chi connectivity index (χ0) is 21.7. The van der Waals surface area contributed by atoms with Crippen LogP contribution in [0.4, 0.5) is 5.69 Å². The van der Waals surface area contributed by atoms with E-state index in [1.54, 1.807) is 66.3 Å². The van der Waals surface area contributed by atoms with E-state index in [1.165, 1.54) is 7.11 Å². The summed E-state index contributed by atoms with van der Waals surface area (Å²) < 4.78 is 12.3. The van der Waals surface area contributed by atoms with Gasteiger partial charge in [0.15, 0.2) is 11.5 Å². The van der Waals surface area contributed by atoms with Crippen LogP contribution in [0.2, 0.25) is 0 Å². The van der Waals surface area contributed by atoms with Gasteiger partial charge in [-0.2, -0.15) is 5.10 Å². The molecule has 0 aliphatic heterocycles. The second-order valence-corrected chi connectivity index (χ2v) is 6.75. The molecule has 2 aromatic heterocycles. The third-order valence-electron chi connectivity index (χ3n) is 4.62. The number of aromatic nitrogens is 2. The lowest BCUT2D eigenvalue weighted by Crippen LogP contribution is -2.29. The van der Waals surface area contributed by atoms with Crippen molar-refractivity contribution in [3.05, 3.63) is 53.9 Å². The number of amides is 2. The normalized spacial score (nSPS) is 10.7. The standard InChI is InChI=1S/C21H25N5O4/c1-25(10-5-9-22)21(28)15-12-14(7-8-18(15)29-3)23-20(27)16-13-17(26(2)24-16)19-6-4-11-30-19/h4,6-8,11-13H,5,9-10,22H2,1-3H3,(H,23,27). The SMILES string of the molecule is COc1ccc(NC(=O)c2cc(-c3ccco3)n(C)n2)cc1C(=O)N(C)CCCN. The molecule has 0 fully saturated rings. The summed E-state index contributed by atoms with van der Waals surface area (Å²) in [6.07, 6.45) is 2.25. The number of nitrogens with one attached hydrogen (secondary N) is 1. The lowest BCUT2D eigenvalue weighted by atomic mass is 10.1. The van der Waals surface area contributed by atoms with Crippen molar-refractivity contribution in [2.45, 2.75) is 6.42 Å². The number of furan rings is 1. The van der Waals surface area contributed by atoms with Gasteiger partial charge in [-0.1, -0.05) is 0 Å². The van der Waals surface area contributed by atoms with Gasteiger partial charge < -0.3 is 25.1 Å². The molecular weight excluding hydrogens is 386 g/mol. The number of ether oxygens (including phenoxy) is 1. The molecule has 0 unspecified atom stereocenters. The van der Waals surface area contributed by atoms with E-state index in [0.29, 0.717) is 48.0 Å². The van der Waals surface area contributed by atoms with Gasteiger partial charge in [0.05, 0.1) is 18.9 Å². The van der Waals surface area contributed by atoms with E-state index < -0.39 is 5.91 Å². The third kappa shape index (κ3) is 4.52. The summed E-state index contributed by atoms with van der Waals surface area (Å²) in [7, 11) is 4.93. The second-order valence-electron chi connectivity index (χ2n) is 6.75. The molecule has 158 valence electrons. The fourth-order valence-corrected chi connectivity index (χ4v) is 3.02. The molecule has 0 atom stereocenters. The minimum absolute atomic E-state index is 0.214. The van der Waals surface area contributed by atoms with Crippen molar-refractivity contribution in [3.8, 4) is 17.2 Å². The van der Waals surface area contributed by atoms with Crippen LogP contribution in [0.25, 0.3) is 11.5 Å². The number of nitrogens with zero attached hydrogens (tertiary/aromatic N) is 3. The molecule has 30 heavy (non-hydrogen) atoms. The quantitative estimate of drug-likeness (QED) is 0.588. The Labute approximate surface area is 174 Å². The summed E-state index contributed by atoms with van der Waals surface area (Å²) in [6.45, 7) is 1.02. The molecule has 9 nitrogen and oxygen atoms in total. The van der Waals surface area contributed by atoms with Crippen LogP contribution in [0.1, 0.15) is 27.3 Å². The zero-order valence-corrected chi connectivity index (χ0v) is 17.2. The topological polar surface area (TPSA) is 116 Å². The molecule has 3 N–H and O–H groups in total. The highest BCUT2D eigenvalue weighted by Crippen LogP contribution is 2.25. The van der Waals surface area contributed by atoms with Gasteiger partial charge in [0.1, 0.15) is 11.4 Å². The molecule has 0 spiro atoms. The zero-order valence-electron chi connectivity index (χ0n) is 17.2. The minimum atomic E-state index is -0.400. The first-order chi connectivity index (χ1) is 14.4. The molecule has 0 aliphatic rings. The van der Waals surface area contributed by atoms with Crippen LogP contribution in [0.3, 0.4) is 0 Å². The van der Waals surface area contributed by atoms with Crippen molar-refractivity contribution in [1.82, 2.24) is 14.7 Å². The highest BCUT2D eigenvalue weighted by Gasteiger charge is 2.19. The monoisotopic (exact) mass is 411 g/mol. The Morgan fingerprint density at radius 2 is 2.10 bits per heavy atom. The van der Waals surface area contributed by atoms with Crippen LogP contribution in [-0.2, 0) is 7.05 Å². The molecule has 3 rings (SSSR count). The van der Waals surface area contributed by atoms with Gasteiger partial charge in [-0.3, -0.25) is 14.3 Å². The van der Waals surface area contributed by atoms with Crippen molar-refractivity contribution < 1.29 is 18.7 Å². The summed E-state index contributed by atoms with van der Waals surface area (Å²) in [5.74, 6) is 0.426. The van der Waals surface area contributed by atoms with Crippen LogP contribution in [-0.4, -0.2) is 53.7 Å². The first-order valence-electron chi connectivity index (χ1n) is 9.47. The number of methoxy groups -OCH3 is 1. The Balaban J connectivity index is 1.81. The van der Waals surface area contributed by atoms with Gasteiger partial charge in [0.2, 0.25) is 0 Å². The number of hydrogen-bond donors (Lipinski definition) is 2. The number of nitrogens with two attached hydrogens (primary N) is 1. The van der Waals surface area contributed by atoms with Crippen LogP contribution >= 0.6 is 0 Å². The summed E-state index contributed by atoms with van der Waals surface area (Å²) in [4.78, 5) is 27.1. The van der Waals surface area contributed by atoms with E-state index in [-0.39, 0.29) is 11.6 Å². The highest BCUT2D eigenvalue weighted by molar-refractivity contribution is 6.05. The van der Waals surface area contributed by atoms with E-state index in [2.05, 4.69) is 10.4 Å². The Morgan fingerprint density at radius 1 is 1.30 bits per heavy atom. The predicted molar refractivity (Wildman–Crippen MR) is 112 cm³/mol. The van der Waals surface area contributed by atoms with Crippen molar-refractivity contribution in [3.63, 3.8) is 0 Å². The molecule has 2 heterocycles. The number of carbonyl (C=O) groups is 2. The average molecular weight is 411 g/mol. The summed E-state index contributed by atoms with van der Waals surface area (Å²) in [5, 5.41) is 7.03. The first kappa shape index (κ1) is 21.1. The number of anilines is 1. The van der Waals surface area contributed by atoms with Gasteiger partial charge in [-0.05, 0) is 43.3 Å². The maximum Gasteiger partial charge on any atom is 0.276 e. The summed E-state index contributed by atoms with van der Waals surface area (Å²) in [5.41, 5.74) is 7.25. The molecule has 0 aliphatic carbocycles. The van der Waals surface area contributed by atoms with Gasteiger partial charge >= 0.3 is 0 Å². The number of hydrogen-bond acceptors (Lipinski definition) is 6. The van der Waals surface area contributed by atoms with E-state index in [9.17, 15) is 9.59 Å².